The van der Waals surface area contributed by atoms with E-state index in [1.807, 2.05) is 45.9 Å². The van der Waals surface area contributed by atoms with Gasteiger partial charge in [0, 0.05) is 17.1 Å². The topological polar surface area (TPSA) is 93.1 Å². The number of unbranched alkanes of at least 4 members (excludes halogenated alkanes) is 1. The van der Waals surface area contributed by atoms with E-state index in [1.54, 1.807) is 4.57 Å². The molecule has 0 bridgehead atoms. The summed E-state index contributed by atoms with van der Waals surface area (Å²) < 4.78 is 1.68. The van der Waals surface area contributed by atoms with Crippen LogP contribution in [0.5, 0.6) is 0 Å². The fourth-order valence-corrected chi connectivity index (χ4v) is 5.30. The molecule has 3 aromatic rings. The lowest BCUT2D eigenvalue weighted by Crippen LogP contribution is -2.34. The van der Waals surface area contributed by atoms with Crippen LogP contribution in [0.2, 0.25) is 0 Å². The Morgan fingerprint density at radius 1 is 1.12 bits per heavy atom. The molecule has 0 atom stereocenters. The lowest BCUT2D eigenvalue weighted by Gasteiger charge is -2.12. The van der Waals surface area contributed by atoms with Crippen molar-refractivity contribution in [1.82, 2.24) is 14.9 Å². The van der Waals surface area contributed by atoms with Gasteiger partial charge in [-0.1, -0.05) is 37.2 Å². The average molecular weight is 487 g/mol. The molecule has 0 saturated carbocycles. The van der Waals surface area contributed by atoms with E-state index in [0.717, 1.165) is 40.1 Å². The van der Waals surface area contributed by atoms with Crippen molar-refractivity contribution in [2.75, 3.05) is 17.6 Å². The molecule has 0 aliphatic carbocycles. The largest absolute Gasteiger partial charge is 0.346 e. The summed E-state index contributed by atoms with van der Waals surface area (Å²) in [5, 5.41) is 6.69. The van der Waals surface area contributed by atoms with Gasteiger partial charge in [0.1, 0.15) is 4.83 Å². The molecule has 33 heavy (non-hydrogen) atoms. The van der Waals surface area contributed by atoms with Gasteiger partial charge in [-0.25, -0.2) is 4.98 Å². The molecule has 0 fully saturated rings. The number of fused-ring (bicyclic) bond motifs is 1. The maximum atomic E-state index is 13.1. The molecule has 0 saturated heterocycles. The van der Waals surface area contributed by atoms with Gasteiger partial charge in [0.05, 0.1) is 17.7 Å². The van der Waals surface area contributed by atoms with Crippen LogP contribution < -0.4 is 16.2 Å². The number of carbonyl (C=O) groups excluding carboxylic acids is 2. The van der Waals surface area contributed by atoms with E-state index in [0.29, 0.717) is 21.9 Å². The van der Waals surface area contributed by atoms with E-state index in [1.165, 1.54) is 23.1 Å². The number of rotatable bonds is 9. The number of nitrogens with one attached hydrogen (secondary N) is 2. The van der Waals surface area contributed by atoms with Crippen molar-refractivity contribution in [1.29, 1.82) is 0 Å². The molecule has 176 valence electrons. The van der Waals surface area contributed by atoms with Crippen LogP contribution in [0.3, 0.4) is 0 Å². The van der Waals surface area contributed by atoms with E-state index < -0.39 is 0 Å². The number of benzene rings is 1. The molecule has 7 nitrogen and oxygen atoms in total. The van der Waals surface area contributed by atoms with E-state index in [2.05, 4.69) is 17.6 Å². The van der Waals surface area contributed by atoms with Gasteiger partial charge in [0.2, 0.25) is 11.8 Å². The monoisotopic (exact) mass is 486 g/mol. The molecule has 0 spiro atoms. The predicted octanol–water partition coefficient (Wildman–Crippen LogP) is 4.34. The van der Waals surface area contributed by atoms with Crippen LogP contribution in [-0.2, 0) is 16.1 Å². The predicted molar refractivity (Wildman–Crippen MR) is 137 cm³/mol. The zero-order valence-corrected chi connectivity index (χ0v) is 21.3. The summed E-state index contributed by atoms with van der Waals surface area (Å²) in [7, 11) is 0. The third-order valence-electron chi connectivity index (χ3n) is 5.65. The number of hydrogen-bond acceptors (Lipinski definition) is 6. The lowest BCUT2D eigenvalue weighted by molar-refractivity contribution is -0.122. The number of nitrogens with zero attached hydrogens (tertiary/aromatic N) is 2. The maximum absolute atomic E-state index is 13.1. The van der Waals surface area contributed by atoms with Crippen molar-refractivity contribution >= 4 is 50.8 Å². The third kappa shape index (κ3) is 5.83. The molecule has 3 rings (SSSR count). The van der Waals surface area contributed by atoms with Gasteiger partial charge < -0.3 is 10.6 Å². The van der Waals surface area contributed by atoms with Crippen molar-refractivity contribution in [2.24, 2.45) is 0 Å². The minimum atomic E-state index is -0.286. The van der Waals surface area contributed by atoms with Crippen molar-refractivity contribution in [3.63, 3.8) is 0 Å². The smallest absolute Gasteiger partial charge is 0.263 e. The molecular weight excluding hydrogens is 456 g/mol. The van der Waals surface area contributed by atoms with Gasteiger partial charge in [-0.2, -0.15) is 0 Å². The SMILES string of the molecule is CCCCn1c(SCC(=O)NCC(=O)Nc2cccc(C)c2C)nc2sc(C)c(C)c2c1=O. The summed E-state index contributed by atoms with van der Waals surface area (Å²) in [4.78, 5) is 44.3. The van der Waals surface area contributed by atoms with E-state index in [4.69, 9.17) is 4.98 Å². The molecule has 1 aromatic carbocycles. The molecule has 2 N–H and O–H groups in total. The van der Waals surface area contributed by atoms with Crippen molar-refractivity contribution < 1.29 is 9.59 Å². The number of anilines is 1. The Hall–Kier alpha value is -2.65. The molecule has 0 unspecified atom stereocenters. The minimum absolute atomic E-state index is 0.0499. The van der Waals surface area contributed by atoms with Crippen LogP contribution in [0.4, 0.5) is 5.69 Å². The Morgan fingerprint density at radius 2 is 1.88 bits per heavy atom. The Kier molecular flexibility index (Phi) is 8.31. The van der Waals surface area contributed by atoms with E-state index in [-0.39, 0.29) is 29.7 Å². The van der Waals surface area contributed by atoms with Gasteiger partial charge in [-0.05, 0) is 56.9 Å². The molecule has 0 radical (unpaired) electrons. The summed E-state index contributed by atoms with van der Waals surface area (Å²) >= 11 is 2.72. The highest BCUT2D eigenvalue weighted by molar-refractivity contribution is 7.99. The standard InChI is InChI=1S/C24H30N4O3S2/c1-6-7-11-28-23(31)21-16(4)17(5)33-22(21)27-24(28)32-13-20(30)25-12-19(29)26-18-10-8-9-14(2)15(18)3/h8-10H,6-7,11-13H2,1-5H3,(H,25,30)(H,26,29). The van der Waals surface area contributed by atoms with Crippen LogP contribution in [-0.4, -0.2) is 33.7 Å². The highest BCUT2D eigenvalue weighted by atomic mass is 32.2. The van der Waals surface area contributed by atoms with Crippen molar-refractivity contribution in [3.05, 3.63) is 50.1 Å². The van der Waals surface area contributed by atoms with Gasteiger partial charge in [-0.15, -0.1) is 11.3 Å². The number of thiophene rings is 1. The van der Waals surface area contributed by atoms with Crippen molar-refractivity contribution in [3.8, 4) is 0 Å². The summed E-state index contributed by atoms with van der Waals surface area (Å²) in [6.45, 7) is 10.4. The highest BCUT2D eigenvalue weighted by Crippen LogP contribution is 2.28. The number of hydrogen-bond donors (Lipinski definition) is 2. The van der Waals surface area contributed by atoms with Crippen LogP contribution in [0, 0.1) is 27.7 Å². The quantitative estimate of drug-likeness (QED) is 0.347. The highest BCUT2D eigenvalue weighted by Gasteiger charge is 2.18. The Bertz CT molecular complexity index is 1250. The maximum Gasteiger partial charge on any atom is 0.263 e. The van der Waals surface area contributed by atoms with E-state index in [9.17, 15) is 14.4 Å². The van der Waals surface area contributed by atoms with Gasteiger partial charge in [0.15, 0.2) is 5.16 Å². The number of carbonyl (C=O) groups is 2. The lowest BCUT2D eigenvalue weighted by atomic mass is 10.1. The first kappa shape index (κ1) is 25.0. The second-order valence-electron chi connectivity index (χ2n) is 8.03. The van der Waals surface area contributed by atoms with Gasteiger partial charge in [0.25, 0.3) is 5.56 Å². The van der Waals surface area contributed by atoms with Crippen LogP contribution in [0.1, 0.15) is 41.3 Å². The average Bonchev–Trinajstić information content (AvgIpc) is 3.07. The third-order valence-corrected chi connectivity index (χ3v) is 7.72. The summed E-state index contributed by atoms with van der Waals surface area (Å²) in [6, 6.07) is 5.70. The fraction of sp³-hybridized carbons (Fsp3) is 0.417. The number of thioether (sulfide) groups is 1. The number of amides is 2. The second kappa shape index (κ2) is 11.0. The summed E-state index contributed by atoms with van der Waals surface area (Å²) in [5.41, 5.74) is 3.75. The molecule has 0 aliphatic rings. The first-order valence-corrected chi connectivity index (χ1v) is 12.8. The number of aryl methyl sites for hydroxylation is 3. The van der Waals surface area contributed by atoms with Crippen LogP contribution in [0.15, 0.2) is 28.2 Å². The fourth-order valence-electron chi connectivity index (χ4n) is 3.37. The first-order valence-electron chi connectivity index (χ1n) is 11.0. The zero-order chi connectivity index (χ0) is 24.1. The Labute approximate surface area is 202 Å². The van der Waals surface area contributed by atoms with Crippen LogP contribution >= 0.6 is 23.1 Å². The Balaban J connectivity index is 1.65. The van der Waals surface area contributed by atoms with Gasteiger partial charge in [-0.3, -0.25) is 19.0 Å². The first-order chi connectivity index (χ1) is 15.7. The minimum Gasteiger partial charge on any atom is -0.346 e. The van der Waals surface area contributed by atoms with Gasteiger partial charge >= 0.3 is 0 Å². The Morgan fingerprint density at radius 3 is 2.61 bits per heavy atom. The molecule has 2 heterocycles. The summed E-state index contributed by atoms with van der Waals surface area (Å²) in [6.07, 6.45) is 1.81. The van der Waals surface area contributed by atoms with Crippen molar-refractivity contribution in [2.45, 2.75) is 59.2 Å². The second-order valence-corrected chi connectivity index (χ2v) is 10.2. The molecule has 9 heteroatoms. The molecular formula is C24H30N4O3S2. The van der Waals surface area contributed by atoms with Crippen LogP contribution in [0.25, 0.3) is 10.2 Å². The zero-order valence-electron chi connectivity index (χ0n) is 19.7. The molecule has 2 aromatic heterocycles. The molecule has 0 aliphatic heterocycles. The summed E-state index contributed by atoms with van der Waals surface area (Å²) in [5.74, 6) is -0.499. The normalized spacial score (nSPS) is 11.1. The number of aromatic nitrogens is 2. The van der Waals surface area contributed by atoms with E-state index >= 15 is 0 Å². The molecule has 2 amide bonds.